The molecule has 0 unspecified atom stereocenters. The third-order valence-electron chi connectivity index (χ3n) is 4.88. The number of carbonyl (C=O) groups excluding carboxylic acids is 1. The number of amides is 1. The molecule has 4 nitrogen and oxygen atoms in total. The maximum absolute atomic E-state index is 13.0. The average Bonchev–Trinajstić information content (AvgIpc) is 2.69. The second-order valence-electron chi connectivity index (χ2n) is 6.76. The van der Waals surface area contributed by atoms with E-state index in [1.54, 1.807) is 18.3 Å². The van der Waals surface area contributed by atoms with Crippen molar-refractivity contribution in [1.82, 2.24) is 9.88 Å². The number of halogens is 1. The van der Waals surface area contributed by atoms with Gasteiger partial charge in [0.25, 0.3) is 5.91 Å². The second kappa shape index (κ2) is 7.41. The molecule has 0 atom stereocenters. The Labute approximate surface area is 163 Å². The van der Waals surface area contributed by atoms with Gasteiger partial charge in [-0.1, -0.05) is 35.9 Å². The molecule has 0 fully saturated rings. The highest BCUT2D eigenvalue weighted by Gasteiger charge is 2.21. The van der Waals surface area contributed by atoms with Crippen LogP contribution in [0.15, 0.2) is 60.8 Å². The molecule has 1 N–H and O–H groups in total. The summed E-state index contributed by atoms with van der Waals surface area (Å²) in [5.41, 5.74) is 5.13. The SMILES string of the molecule is Cc1cc(Cl)ccc1Nc1cc(C(=O)N2CCc3ccccc3C2)ccn1. The van der Waals surface area contributed by atoms with Gasteiger partial charge in [0.15, 0.2) is 0 Å². The predicted molar refractivity (Wildman–Crippen MR) is 109 cm³/mol. The Morgan fingerprint density at radius 2 is 1.93 bits per heavy atom. The summed E-state index contributed by atoms with van der Waals surface area (Å²) < 4.78 is 0. The number of hydrogen-bond acceptors (Lipinski definition) is 3. The van der Waals surface area contributed by atoms with Crippen LogP contribution < -0.4 is 5.32 Å². The number of carbonyl (C=O) groups is 1. The third-order valence-corrected chi connectivity index (χ3v) is 5.11. The zero-order chi connectivity index (χ0) is 18.8. The van der Waals surface area contributed by atoms with Crippen LogP contribution in [0.4, 0.5) is 11.5 Å². The van der Waals surface area contributed by atoms with Crippen molar-refractivity contribution in [1.29, 1.82) is 0 Å². The monoisotopic (exact) mass is 377 g/mol. The topological polar surface area (TPSA) is 45.2 Å². The molecule has 0 bridgehead atoms. The summed E-state index contributed by atoms with van der Waals surface area (Å²) in [6.07, 6.45) is 2.56. The molecule has 4 rings (SSSR count). The van der Waals surface area contributed by atoms with E-state index >= 15 is 0 Å². The van der Waals surface area contributed by atoms with E-state index in [0.717, 1.165) is 24.2 Å². The lowest BCUT2D eigenvalue weighted by Gasteiger charge is -2.29. The van der Waals surface area contributed by atoms with Gasteiger partial charge in [0.2, 0.25) is 0 Å². The van der Waals surface area contributed by atoms with Crippen LogP contribution in [-0.4, -0.2) is 22.3 Å². The van der Waals surface area contributed by atoms with E-state index < -0.39 is 0 Å². The van der Waals surface area contributed by atoms with Crippen LogP contribution in [0.3, 0.4) is 0 Å². The van der Waals surface area contributed by atoms with Crippen LogP contribution in [0.25, 0.3) is 0 Å². The largest absolute Gasteiger partial charge is 0.340 e. The molecule has 2 heterocycles. The Hall–Kier alpha value is -2.85. The summed E-state index contributed by atoms with van der Waals surface area (Å²) in [4.78, 5) is 19.2. The molecule has 27 heavy (non-hydrogen) atoms. The first-order chi connectivity index (χ1) is 13.1. The zero-order valence-corrected chi connectivity index (χ0v) is 15.8. The molecule has 0 saturated carbocycles. The van der Waals surface area contributed by atoms with E-state index in [9.17, 15) is 4.79 Å². The molecule has 136 valence electrons. The maximum Gasteiger partial charge on any atom is 0.254 e. The molecule has 1 aliphatic rings. The second-order valence-corrected chi connectivity index (χ2v) is 7.20. The molecule has 0 radical (unpaired) electrons. The number of aromatic nitrogens is 1. The molecule has 2 aromatic carbocycles. The molecule has 0 saturated heterocycles. The first-order valence-corrected chi connectivity index (χ1v) is 9.33. The van der Waals surface area contributed by atoms with Crippen molar-refractivity contribution in [2.75, 3.05) is 11.9 Å². The molecular weight excluding hydrogens is 358 g/mol. The summed E-state index contributed by atoms with van der Waals surface area (Å²) in [6.45, 7) is 3.36. The number of benzene rings is 2. The van der Waals surface area contributed by atoms with Gasteiger partial charge in [-0.25, -0.2) is 4.98 Å². The number of hydrogen-bond donors (Lipinski definition) is 1. The first kappa shape index (κ1) is 17.6. The lowest BCUT2D eigenvalue weighted by atomic mass is 9.99. The maximum atomic E-state index is 13.0. The number of aryl methyl sites for hydroxylation is 1. The van der Waals surface area contributed by atoms with E-state index in [2.05, 4.69) is 28.5 Å². The van der Waals surface area contributed by atoms with Crippen molar-refractivity contribution < 1.29 is 4.79 Å². The highest BCUT2D eigenvalue weighted by molar-refractivity contribution is 6.30. The minimum atomic E-state index is 0.0304. The van der Waals surface area contributed by atoms with E-state index in [1.807, 2.05) is 36.1 Å². The molecule has 1 aromatic heterocycles. The van der Waals surface area contributed by atoms with Gasteiger partial charge in [-0.2, -0.15) is 0 Å². The summed E-state index contributed by atoms with van der Waals surface area (Å²) in [5.74, 6) is 0.673. The summed E-state index contributed by atoms with van der Waals surface area (Å²) >= 11 is 6.02. The molecule has 1 aliphatic heterocycles. The van der Waals surface area contributed by atoms with Crippen LogP contribution in [0.1, 0.15) is 27.0 Å². The normalized spacial score (nSPS) is 13.2. The van der Waals surface area contributed by atoms with Gasteiger partial charge in [-0.15, -0.1) is 0 Å². The molecular formula is C22H20ClN3O. The van der Waals surface area contributed by atoms with Crippen molar-refractivity contribution in [3.8, 4) is 0 Å². The fourth-order valence-electron chi connectivity index (χ4n) is 3.39. The predicted octanol–water partition coefficient (Wildman–Crippen LogP) is 4.99. The number of nitrogens with one attached hydrogen (secondary N) is 1. The van der Waals surface area contributed by atoms with Crippen LogP contribution in [0.2, 0.25) is 5.02 Å². The number of rotatable bonds is 3. The van der Waals surface area contributed by atoms with Crippen molar-refractivity contribution in [2.45, 2.75) is 19.9 Å². The quantitative estimate of drug-likeness (QED) is 0.699. The van der Waals surface area contributed by atoms with Gasteiger partial charge in [-0.3, -0.25) is 4.79 Å². The lowest BCUT2D eigenvalue weighted by molar-refractivity contribution is 0.0734. The smallest absolute Gasteiger partial charge is 0.254 e. The number of pyridine rings is 1. The van der Waals surface area contributed by atoms with Crippen molar-refractivity contribution >= 4 is 29.0 Å². The van der Waals surface area contributed by atoms with Gasteiger partial charge >= 0.3 is 0 Å². The average molecular weight is 378 g/mol. The van der Waals surface area contributed by atoms with Gasteiger partial charge < -0.3 is 10.2 Å². The van der Waals surface area contributed by atoms with Gasteiger partial charge in [0, 0.05) is 35.6 Å². The van der Waals surface area contributed by atoms with Gasteiger partial charge in [0.05, 0.1) is 0 Å². The standard InChI is InChI=1S/C22H20ClN3O/c1-15-12-19(23)6-7-20(15)25-21-13-17(8-10-24-21)22(27)26-11-9-16-4-2-3-5-18(16)14-26/h2-8,10,12-13H,9,11,14H2,1H3,(H,24,25). The van der Waals surface area contributed by atoms with Crippen molar-refractivity contribution in [3.05, 3.63) is 88.1 Å². The fourth-order valence-corrected chi connectivity index (χ4v) is 3.62. The summed E-state index contributed by atoms with van der Waals surface area (Å²) in [5, 5.41) is 3.97. The van der Waals surface area contributed by atoms with Crippen LogP contribution in [0.5, 0.6) is 0 Å². The number of fused-ring (bicyclic) bond motifs is 1. The number of nitrogens with zero attached hydrogens (tertiary/aromatic N) is 2. The summed E-state index contributed by atoms with van der Waals surface area (Å²) in [7, 11) is 0. The van der Waals surface area contributed by atoms with E-state index in [-0.39, 0.29) is 5.91 Å². The zero-order valence-electron chi connectivity index (χ0n) is 15.1. The van der Waals surface area contributed by atoms with E-state index in [4.69, 9.17) is 11.6 Å². The van der Waals surface area contributed by atoms with Crippen molar-refractivity contribution in [2.24, 2.45) is 0 Å². The van der Waals surface area contributed by atoms with Crippen LogP contribution in [-0.2, 0) is 13.0 Å². The third kappa shape index (κ3) is 3.81. The Balaban J connectivity index is 1.53. The Morgan fingerprint density at radius 3 is 2.74 bits per heavy atom. The summed E-state index contributed by atoms with van der Waals surface area (Å²) in [6, 6.07) is 17.5. The van der Waals surface area contributed by atoms with Gasteiger partial charge in [-0.05, 0) is 60.4 Å². The minimum absolute atomic E-state index is 0.0304. The van der Waals surface area contributed by atoms with E-state index in [0.29, 0.717) is 22.9 Å². The highest BCUT2D eigenvalue weighted by atomic mass is 35.5. The minimum Gasteiger partial charge on any atom is -0.340 e. The number of anilines is 2. The molecule has 0 spiro atoms. The Kier molecular flexibility index (Phi) is 4.82. The molecule has 3 aromatic rings. The molecule has 5 heteroatoms. The van der Waals surface area contributed by atoms with E-state index in [1.165, 1.54) is 11.1 Å². The fraction of sp³-hybridized carbons (Fsp3) is 0.182. The van der Waals surface area contributed by atoms with Crippen LogP contribution >= 0.6 is 11.6 Å². The molecule has 0 aliphatic carbocycles. The van der Waals surface area contributed by atoms with Crippen LogP contribution in [0, 0.1) is 6.92 Å². The Morgan fingerprint density at radius 1 is 1.11 bits per heavy atom. The van der Waals surface area contributed by atoms with Crippen molar-refractivity contribution in [3.63, 3.8) is 0 Å². The highest BCUT2D eigenvalue weighted by Crippen LogP contribution is 2.24. The lowest BCUT2D eigenvalue weighted by Crippen LogP contribution is -2.35. The Bertz CT molecular complexity index is 1000. The molecule has 1 amide bonds. The first-order valence-electron chi connectivity index (χ1n) is 8.95. The van der Waals surface area contributed by atoms with Gasteiger partial charge in [0.1, 0.15) is 5.82 Å².